The summed E-state index contributed by atoms with van der Waals surface area (Å²) < 4.78 is 33.9. The number of rotatable bonds is 4. The quantitative estimate of drug-likeness (QED) is 0.311. The van der Waals surface area contributed by atoms with Crippen LogP contribution < -0.4 is 0 Å². The van der Waals surface area contributed by atoms with E-state index < -0.39 is 37.5 Å². The van der Waals surface area contributed by atoms with Gasteiger partial charge in [-0.15, -0.1) is 0 Å². The first-order chi connectivity index (χ1) is 13.5. The van der Waals surface area contributed by atoms with E-state index in [1.807, 2.05) is 0 Å². The fourth-order valence-corrected chi connectivity index (χ4v) is 5.62. The average Bonchev–Trinajstić information content (AvgIpc) is 2.66. The fourth-order valence-electron chi connectivity index (χ4n) is 3.25. The summed E-state index contributed by atoms with van der Waals surface area (Å²) in [6.07, 6.45) is 0. The Balaban J connectivity index is 2.71. The molecule has 0 heterocycles. The Labute approximate surface area is 186 Å². The SMILES string of the molecule is O=S(=O)(O)C(c1ccccc1)(c1c(Cl)ccc(Cl)c1O)c1c(Cl)ccc(Cl)c1O. The molecule has 0 saturated carbocycles. The number of hydrogen-bond donors (Lipinski definition) is 3. The van der Waals surface area contributed by atoms with E-state index in [1.54, 1.807) is 6.07 Å². The zero-order valence-corrected chi connectivity index (χ0v) is 18.1. The molecule has 3 N–H and O–H groups in total. The maximum atomic E-state index is 13.0. The van der Waals surface area contributed by atoms with Crippen molar-refractivity contribution in [1.29, 1.82) is 0 Å². The third kappa shape index (κ3) is 3.44. The van der Waals surface area contributed by atoms with Crippen LogP contribution in [-0.2, 0) is 14.9 Å². The van der Waals surface area contributed by atoms with Crippen molar-refractivity contribution in [2.24, 2.45) is 0 Å². The molecule has 3 rings (SSSR count). The summed E-state index contributed by atoms with van der Waals surface area (Å²) in [6, 6.07) is 12.3. The summed E-state index contributed by atoms with van der Waals surface area (Å²) in [7, 11) is -5.22. The predicted molar refractivity (Wildman–Crippen MR) is 114 cm³/mol. The van der Waals surface area contributed by atoms with E-state index in [0.717, 1.165) is 0 Å². The molecule has 10 heteroatoms. The minimum absolute atomic E-state index is 0.0681. The zero-order valence-electron chi connectivity index (χ0n) is 14.3. The molecule has 0 aliphatic carbocycles. The monoisotopic (exact) mass is 492 g/mol. The van der Waals surface area contributed by atoms with Gasteiger partial charge in [-0.25, -0.2) is 0 Å². The van der Waals surface area contributed by atoms with Crippen LogP contribution in [0.3, 0.4) is 0 Å². The minimum Gasteiger partial charge on any atom is -0.506 e. The van der Waals surface area contributed by atoms with Crippen LogP contribution in [0, 0.1) is 0 Å². The van der Waals surface area contributed by atoms with Crippen molar-refractivity contribution in [2.45, 2.75) is 4.75 Å². The second-order valence-electron chi connectivity index (χ2n) is 6.03. The van der Waals surface area contributed by atoms with E-state index in [0.29, 0.717) is 0 Å². The van der Waals surface area contributed by atoms with Crippen molar-refractivity contribution in [3.8, 4) is 11.5 Å². The van der Waals surface area contributed by atoms with Gasteiger partial charge in [0.25, 0.3) is 10.1 Å². The molecule has 0 aliphatic rings. The molecule has 5 nitrogen and oxygen atoms in total. The van der Waals surface area contributed by atoms with E-state index in [-0.39, 0.29) is 25.7 Å². The lowest BCUT2D eigenvalue weighted by atomic mass is 9.82. The van der Waals surface area contributed by atoms with Crippen LogP contribution in [-0.4, -0.2) is 23.2 Å². The Hall–Kier alpha value is -1.67. The highest BCUT2D eigenvalue weighted by molar-refractivity contribution is 7.87. The zero-order chi connectivity index (χ0) is 21.6. The molecule has 152 valence electrons. The van der Waals surface area contributed by atoms with E-state index in [9.17, 15) is 23.2 Å². The maximum Gasteiger partial charge on any atom is 0.283 e. The highest BCUT2D eigenvalue weighted by Gasteiger charge is 2.54. The van der Waals surface area contributed by atoms with Gasteiger partial charge in [-0.1, -0.05) is 76.7 Å². The molecule has 0 unspecified atom stereocenters. The summed E-state index contributed by atoms with van der Waals surface area (Å²) in [5.41, 5.74) is -1.04. The van der Waals surface area contributed by atoms with Crippen LogP contribution in [0.15, 0.2) is 54.6 Å². The highest BCUT2D eigenvalue weighted by atomic mass is 35.5. The van der Waals surface area contributed by atoms with Gasteiger partial charge in [0.15, 0.2) is 4.75 Å². The summed E-state index contributed by atoms with van der Waals surface area (Å²) in [5, 5.41) is 20.4. The number of halogens is 4. The van der Waals surface area contributed by atoms with E-state index in [1.165, 1.54) is 48.5 Å². The smallest absolute Gasteiger partial charge is 0.283 e. The molecular formula is C19H12Cl4O5S. The summed E-state index contributed by atoms with van der Waals surface area (Å²) in [5.74, 6) is -1.42. The van der Waals surface area contributed by atoms with Gasteiger partial charge in [0.05, 0.1) is 10.0 Å². The van der Waals surface area contributed by atoms with Crippen molar-refractivity contribution < 1.29 is 23.2 Å². The predicted octanol–water partition coefficient (Wildman–Crippen LogP) is 5.89. The standard InChI is InChI=1S/C19H12Cl4O5S/c20-11-6-8-13(22)17(24)15(11)19(29(26,27)28,10-4-2-1-3-5-10)16-12(21)7-9-14(23)18(16)25/h1-9,24-25H,(H,26,27,28). The van der Waals surface area contributed by atoms with Gasteiger partial charge in [0.1, 0.15) is 11.5 Å². The first-order valence-corrected chi connectivity index (χ1v) is 10.9. The number of hydrogen-bond acceptors (Lipinski definition) is 4. The Bertz CT molecular complexity index is 1140. The Morgan fingerprint density at radius 1 is 0.655 bits per heavy atom. The molecule has 3 aromatic rings. The summed E-state index contributed by atoms with van der Waals surface area (Å²) >= 11 is 24.6. The third-order valence-corrected chi connectivity index (χ3v) is 7.08. The Kier molecular flexibility index (Phi) is 5.98. The molecular weight excluding hydrogens is 482 g/mol. The number of phenolic OH excluding ortho intramolecular Hbond substituents is 2. The van der Waals surface area contributed by atoms with Gasteiger partial charge in [0, 0.05) is 21.2 Å². The first-order valence-electron chi connectivity index (χ1n) is 7.91. The molecule has 3 aromatic carbocycles. The van der Waals surface area contributed by atoms with Crippen LogP contribution >= 0.6 is 46.4 Å². The van der Waals surface area contributed by atoms with E-state index in [4.69, 9.17) is 46.4 Å². The van der Waals surface area contributed by atoms with E-state index in [2.05, 4.69) is 0 Å². The molecule has 29 heavy (non-hydrogen) atoms. The van der Waals surface area contributed by atoms with Crippen LogP contribution in [0.4, 0.5) is 0 Å². The second kappa shape index (κ2) is 7.87. The van der Waals surface area contributed by atoms with Gasteiger partial charge in [-0.05, 0) is 29.8 Å². The number of phenols is 2. The largest absolute Gasteiger partial charge is 0.506 e. The van der Waals surface area contributed by atoms with E-state index >= 15 is 0 Å². The van der Waals surface area contributed by atoms with Crippen LogP contribution in [0.5, 0.6) is 11.5 Å². The van der Waals surface area contributed by atoms with Gasteiger partial charge in [0.2, 0.25) is 0 Å². The van der Waals surface area contributed by atoms with Gasteiger partial charge >= 0.3 is 0 Å². The lowest BCUT2D eigenvalue weighted by Gasteiger charge is -2.34. The van der Waals surface area contributed by atoms with Crippen molar-refractivity contribution in [2.75, 3.05) is 0 Å². The Morgan fingerprint density at radius 2 is 1.03 bits per heavy atom. The van der Waals surface area contributed by atoms with Crippen molar-refractivity contribution in [3.63, 3.8) is 0 Å². The summed E-state index contributed by atoms with van der Waals surface area (Å²) in [4.78, 5) is 0. The molecule has 0 fully saturated rings. The molecule has 0 aliphatic heterocycles. The molecule has 0 spiro atoms. The van der Waals surface area contributed by atoms with Gasteiger partial charge in [-0.3, -0.25) is 4.55 Å². The fraction of sp³-hybridized carbons (Fsp3) is 0.0526. The lowest BCUT2D eigenvalue weighted by molar-refractivity contribution is 0.428. The normalized spacial score (nSPS) is 12.2. The van der Waals surface area contributed by atoms with Crippen molar-refractivity contribution in [3.05, 3.63) is 91.4 Å². The third-order valence-electron chi connectivity index (χ3n) is 4.43. The van der Waals surface area contributed by atoms with Crippen LogP contribution in [0.25, 0.3) is 0 Å². The Morgan fingerprint density at radius 3 is 1.41 bits per heavy atom. The first kappa shape index (κ1) is 22.0. The van der Waals surface area contributed by atoms with Crippen LogP contribution in [0.2, 0.25) is 20.1 Å². The topological polar surface area (TPSA) is 94.8 Å². The van der Waals surface area contributed by atoms with Gasteiger partial charge in [-0.2, -0.15) is 8.42 Å². The average molecular weight is 494 g/mol. The van der Waals surface area contributed by atoms with Crippen molar-refractivity contribution >= 4 is 56.5 Å². The highest BCUT2D eigenvalue weighted by Crippen LogP contribution is 2.56. The molecule has 0 bridgehead atoms. The molecule has 0 aromatic heterocycles. The molecule has 0 amide bonds. The second-order valence-corrected chi connectivity index (χ2v) is 9.22. The minimum atomic E-state index is -5.22. The number of benzene rings is 3. The molecule has 0 radical (unpaired) electrons. The molecule has 0 atom stereocenters. The summed E-state index contributed by atoms with van der Waals surface area (Å²) in [6.45, 7) is 0. The lowest BCUT2D eigenvalue weighted by Crippen LogP contribution is -2.39. The van der Waals surface area contributed by atoms with Crippen molar-refractivity contribution in [1.82, 2.24) is 0 Å². The van der Waals surface area contributed by atoms with Crippen LogP contribution in [0.1, 0.15) is 16.7 Å². The maximum absolute atomic E-state index is 13.0. The number of aromatic hydroxyl groups is 2. The molecule has 0 saturated heterocycles. The van der Waals surface area contributed by atoms with Gasteiger partial charge < -0.3 is 10.2 Å².